The fourth-order valence-corrected chi connectivity index (χ4v) is 2.77. The first kappa shape index (κ1) is 12.4. The van der Waals surface area contributed by atoms with Gasteiger partial charge in [-0.25, -0.2) is 4.79 Å². The summed E-state index contributed by atoms with van der Waals surface area (Å²) in [5, 5.41) is 2.43. The lowest BCUT2D eigenvalue weighted by Gasteiger charge is -2.31. The largest absolute Gasteiger partial charge is 0.380 e. The van der Waals surface area contributed by atoms with Crippen molar-refractivity contribution in [3.05, 3.63) is 0 Å². The normalized spacial score (nSPS) is 22.5. The molecule has 1 heterocycles. The van der Waals surface area contributed by atoms with E-state index in [0.29, 0.717) is 19.8 Å². The van der Waals surface area contributed by atoms with E-state index in [1.807, 2.05) is 6.92 Å². The molecule has 5 heteroatoms. The van der Waals surface area contributed by atoms with Gasteiger partial charge in [-0.05, 0) is 19.3 Å². The van der Waals surface area contributed by atoms with Gasteiger partial charge in [0.1, 0.15) is 5.54 Å². The van der Waals surface area contributed by atoms with Crippen molar-refractivity contribution >= 4 is 11.9 Å². The van der Waals surface area contributed by atoms with Crippen LogP contribution in [0.3, 0.4) is 0 Å². The zero-order valence-electron chi connectivity index (χ0n) is 10.3. The van der Waals surface area contributed by atoms with Crippen molar-refractivity contribution < 1.29 is 14.3 Å². The Kier molecular flexibility index (Phi) is 3.66. The van der Waals surface area contributed by atoms with Gasteiger partial charge in [0.15, 0.2) is 0 Å². The molecular formula is C12H20N2O3. The summed E-state index contributed by atoms with van der Waals surface area (Å²) in [6, 6.07) is -0.253. The molecular weight excluding hydrogens is 220 g/mol. The van der Waals surface area contributed by atoms with Gasteiger partial charge in [-0.1, -0.05) is 19.8 Å². The van der Waals surface area contributed by atoms with Crippen molar-refractivity contribution in [1.29, 1.82) is 0 Å². The Hall–Kier alpha value is -1.10. The molecule has 1 spiro atoms. The SMILES string of the molecule is CCCOCCN1C(=O)NC(=O)C12CCCC2. The number of carbonyl (C=O) groups excluding carboxylic acids is 2. The Morgan fingerprint density at radius 3 is 2.65 bits per heavy atom. The Balaban J connectivity index is 1.97. The maximum absolute atomic E-state index is 11.9. The van der Waals surface area contributed by atoms with Gasteiger partial charge in [-0.15, -0.1) is 0 Å². The zero-order valence-corrected chi connectivity index (χ0v) is 10.3. The molecule has 1 N–H and O–H groups in total. The molecule has 0 aromatic carbocycles. The highest BCUT2D eigenvalue weighted by Gasteiger charge is 2.53. The van der Waals surface area contributed by atoms with Gasteiger partial charge in [-0.2, -0.15) is 0 Å². The van der Waals surface area contributed by atoms with Crippen molar-refractivity contribution in [2.24, 2.45) is 0 Å². The minimum absolute atomic E-state index is 0.115. The van der Waals surface area contributed by atoms with Crippen molar-refractivity contribution in [3.63, 3.8) is 0 Å². The molecule has 96 valence electrons. The lowest BCUT2D eigenvalue weighted by Crippen LogP contribution is -2.48. The molecule has 1 saturated carbocycles. The smallest absolute Gasteiger partial charge is 0.325 e. The van der Waals surface area contributed by atoms with Crippen molar-refractivity contribution in [2.45, 2.75) is 44.6 Å². The molecule has 1 saturated heterocycles. The molecule has 3 amide bonds. The zero-order chi connectivity index (χ0) is 12.3. The summed E-state index contributed by atoms with van der Waals surface area (Å²) >= 11 is 0. The van der Waals surface area contributed by atoms with Crippen LogP contribution in [0.1, 0.15) is 39.0 Å². The summed E-state index contributed by atoms with van der Waals surface area (Å²) in [5.74, 6) is -0.115. The van der Waals surface area contributed by atoms with Crippen LogP contribution >= 0.6 is 0 Å². The summed E-state index contributed by atoms with van der Waals surface area (Å²) in [5.41, 5.74) is -0.563. The van der Waals surface area contributed by atoms with Gasteiger partial charge in [0, 0.05) is 13.2 Å². The summed E-state index contributed by atoms with van der Waals surface area (Å²) in [4.78, 5) is 25.3. The summed E-state index contributed by atoms with van der Waals surface area (Å²) in [6.07, 6.45) is 4.59. The molecule has 2 fully saturated rings. The topological polar surface area (TPSA) is 58.6 Å². The van der Waals surface area contributed by atoms with Crippen LogP contribution in [0.4, 0.5) is 4.79 Å². The fraction of sp³-hybridized carbons (Fsp3) is 0.833. The Labute approximate surface area is 101 Å². The third kappa shape index (κ3) is 2.16. The van der Waals surface area contributed by atoms with Crippen LogP contribution in [-0.4, -0.2) is 42.1 Å². The van der Waals surface area contributed by atoms with Gasteiger partial charge in [0.05, 0.1) is 6.61 Å². The molecule has 0 atom stereocenters. The van der Waals surface area contributed by atoms with Crippen LogP contribution in [0.15, 0.2) is 0 Å². The van der Waals surface area contributed by atoms with Crippen molar-refractivity contribution in [1.82, 2.24) is 10.2 Å². The van der Waals surface area contributed by atoms with Gasteiger partial charge < -0.3 is 9.64 Å². The second-order valence-corrected chi connectivity index (χ2v) is 4.76. The predicted octanol–water partition coefficient (Wildman–Crippen LogP) is 1.28. The highest BCUT2D eigenvalue weighted by molar-refractivity contribution is 6.07. The van der Waals surface area contributed by atoms with Crippen LogP contribution in [0.2, 0.25) is 0 Å². The third-order valence-electron chi connectivity index (χ3n) is 3.64. The summed E-state index contributed by atoms with van der Waals surface area (Å²) in [7, 11) is 0. The second-order valence-electron chi connectivity index (χ2n) is 4.76. The van der Waals surface area contributed by atoms with Crippen LogP contribution in [0.5, 0.6) is 0 Å². The first-order chi connectivity index (χ1) is 8.20. The molecule has 0 radical (unpaired) electrons. The van der Waals surface area contributed by atoms with Crippen molar-refractivity contribution in [2.75, 3.05) is 19.8 Å². The molecule has 0 bridgehead atoms. The predicted molar refractivity (Wildman–Crippen MR) is 62.6 cm³/mol. The molecule has 0 unspecified atom stereocenters. The van der Waals surface area contributed by atoms with E-state index in [2.05, 4.69) is 5.32 Å². The van der Waals surface area contributed by atoms with Crippen LogP contribution < -0.4 is 5.32 Å². The van der Waals surface area contributed by atoms with Crippen LogP contribution in [0.25, 0.3) is 0 Å². The molecule has 17 heavy (non-hydrogen) atoms. The van der Waals surface area contributed by atoms with E-state index >= 15 is 0 Å². The number of carbonyl (C=O) groups is 2. The Bertz CT molecular complexity index is 311. The average Bonchev–Trinajstić information content (AvgIpc) is 2.86. The third-order valence-corrected chi connectivity index (χ3v) is 3.64. The number of nitrogens with one attached hydrogen (secondary N) is 1. The minimum atomic E-state index is -0.563. The van der Waals surface area contributed by atoms with E-state index in [-0.39, 0.29) is 11.9 Å². The quantitative estimate of drug-likeness (QED) is 0.581. The van der Waals surface area contributed by atoms with E-state index in [1.165, 1.54) is 0 Å². The van der Waals surface area contributed by atoms with Crippen molar-refractivity contribution in [3.8, 4) is 0 Å². The fourth-order valence-electron chi connectivity index (χ4n) is 2.77. The van der Waals surface area contributed by atoms with E-state index in [9.17, 15) is 9.59 Å². The van der Waals surface area contributed by atoms with Crippen LogP contribution in [0, 0.1) is 0 Å². The van der Waals surface area contributed by atoms with E-state index in [4.69, 9.17) is 4.74 Å². The second kappa shape index (κ2) is 5.04. The van der Waals surface area contributed by atoms with Gasteiger partial charge in [-0.3, -0.25) is 10.1 Å². The number of rotatable bonds is 5. The number of hydrogen-bond acceptors (Lipinski definition) is 3. The number of urea groups is 1. The highest BCUT2D eigenvalue weighted by atomic mass is 16.5. The Morgan fingerprint density at radius 1 is 1.29 bits per heavy atom. The van der Waals surface area contributed by atoms with Crippen LogP contribution in [-0.2, 0) is 9.53 Å². The molecule has 1 aliphatic carbocycles. The number of nitrogens with zero attached hydrogens (tertiary/aromatic N) is 1. The first-order valence-corrected chi connectivity index (χ1v) is 6.41. The standard InChI is InChI=1S/C12H20N2O3/c1-2-8-17-9-7-14-11(16)13-10(15)12(14)5-3-4-6-12/h2-9H2,1H3,(H,13,15,16). The minimum Gasteiger partial charge on any atom is -0.380 e. The molecule has 5 nitrogen and oxygen atoms in total. The van der Waals surface area contributed by atoms with Gasteiger partial charge in [0.2, 0.25) is 0 Å². The molecule has 2 rings (SSSR count). The molecule has 0 aromatic heterocycles. The highest BCUT2D eigenvalue weighted by Crippen LogP contribution is 2.38. The molecule has 1 aliphatic heterocycles. The van der Waals surface area contributed by atoms with Gasteiger partial charge >= 0.3 is 6.03 Å². The number of ether oxygens (including phenoxy) is 1. The van der Waals surface area contributed by atoms with E-state index in [0.717, 1.165) is 32.1 Å². The van der Waals surface area contributed by atoms with E-state index < -0.39 is 5.54 Å². The average molecular weight is 240 g/mol. The number of amides is 3. The monoisotopic (exact) mass is 240 g/mol. The maximum atomic E-state index is 11.9. The first-order valence-electron chi connectivity index (χ1n) is 6.41. The lowest BCUT2D eigenvalue weighted by atomic mass is 9.96. The summed E-state index contributed by atoms with van der Waals surface area (Å²) in [6.45, 7) is 3.77. The van der Waals surface area contributed by atoms with Gasteiger partial charge in [0.25, 0.3) is 5.91 Å². The summed E-state index contributed by atoms with van der Waals surface area (Å²) < 4.78 is 5.40. The maximum Gasteiger partial charge on any atom is 0.325 e. The molecule has 2 aliphatic rings. The number of imide groups is 1. The lowest BCUT2D eigenvalue weighted by molar-refractivity contribution is -0.126. The Morgan fingerprint density at radius 2 is 2.00 bits per heavy atom. The number of hydrogen-bond donors (Lipinski definition) is 1. The molecule has 0 aromatic rings. The van der Waals surface area contributed by atoms with E-state index in [1.54, 1.807) is 4.90 Å².